The Morgan fingerprint density at radius 2 is 2.12 bits per heavy atom. The first-order chi connectivity index (χ1) is 12.1. The lowest BCUT2D eigenvalue weighted by molar-refractivity contribution is 0.0694. The van der Waals surface area contributed by atoms with Crippen LogP contribution in [0.3, 0.4) is 0 Å². The number of piperazine rings is 1. The molecule has 0 unspecified atom stereocenters. The van der Waals surface area contributed by atoms with Crippen LogP contribution in [0.2, 0.25) is 0 Å². The van der Waals surface area contributed by atoms with Crippen LogP contribution in [-0.4, -0.2) is 46.3 Å². The van der Waals surface area contributed by atoms with Crippen molar-refractivity contribution in [2.24, 2.45) is 0 Å². The number of carbonyl (C=O) groups is 1. The molecule has 0 bridgehead atoms. The van der Waals surface area contributed by atoms with Crippen LogP contribution in [0.5, 0.6) is 0 Å². The third kappa shape index (κ3) is 3.16. The van der Waals surface area contributed by atoms with Gasteiger partial charge in [0, 0.05) is 37.4 Å². The molecule has 0 spiro atoms. The number of aromatic nitrogens is 2. The van der Waals surface area contributed by atoms with Crippen LogP contribution in [0.25, 0.3) is 11.0 Å². The molecule has 0 radical (unpaired) electrons. The van der Waals surface area contributed by atoms with E-state index in [-0.39, 0.29) is 22.9 Å². The number of anilines is 1. The number of nitrogens with zero attached hydrogens (tertiary/aromatic N) is 3. The number of fused-ring (bicyclic) bond motifs is 1. The van der Waals surface area contributed by atoms with Gasteiger partial charge < -0.3 is 19.9 Å². The Kier molecular flexibility index (Phi) is 4.47. The average molecular weight is 362 g/mol. The highest BCUT2D eigenvalue weighted by Gasteiger charge is 2.26. The Balaban J connectivity index is 2.30. The van der Waals surface area contributed by atoms with Crippen molar-refractivity contribution in [2.75, 3.05) is 24.5 Å². The number of hydrogen-bond acceptors (Lipinski definition) is 5. The fourth-order valence-corrected chi connectivity index (χ4v) is 3.22. The van der Waals surface area contributed by atoms with Crippen molar-refractivity contribution in [3.05, 3.63) is 33.9 Å². The van der Waals surface area contributed by atoms with Gasteiger partial charge in [0.25, 0.3) is 0 Å². The number of aromatic carboxylic acids is 1. The number of hydrogen-bond donors (Lipinski definition) is 2. The van der Waals surface area contributed by atoms with Crippen molar-refractivity contribution < 1.29 is 14.3 Å². The summed E-state index contributed by atoms with van der Waals surface area (Å²) < 4.78 is 16.4. The molecule has 2 N–H and O–H groups in total. The largest absolute Gasteiger partial charge is 0.477 e. The lowest BCUT2D eigenvalue weighted by Gasteiger charge is -2.33. The van der Waals surface area contributed by atoms with Gasteiger partial charge in [-0.05, 0) is 33.8 Å². The van der Waals surface area contributed by atoms with E-state index in [4.69, 9.17) is 0 Å². The second kappa shape index (κ2) is 6.35. The maximum Gasteiger partial charge on any atom is 0.341 e. The lowest BCUT2D eigenvalue weighted by atomic mass is 10.1. The first-order valence-electron chi connectivity index (χ1n) is 8.57. The van der Waals surface area contributed by atoms with Crippen molar-refractivity contribution in [1.82, 2.24) is 14.9 Å². The van der Waals surface area contributed by atoms with Gasteiger partial charge in [0.2, 0.25) is 5.43 Å². The number of carboxylic acids is 1. The number of carboxylic acid groups (broad SMARTS) is 1. The molecule has 0 amide bonds. The van der Waals surface area contributed by atoms with Crippen molar-refractivity contribution in [3.63, 3.8) is 0 Å². The first-order valence-corrected chi connectivity index (χ1v) is 8.57. The average Bonchev–Trinajstić information content (AvgIpc) is 2.53. The van der Waals surface area contributed by atoms with Gasteiger partial charge in [-0.1, -0.05) is 0 Å². The van der Waals surface area contributed by atoms with Crippen LogP contribution in [0.1, 0.15) is 38.1 Å². The minimum absolute atomic E-state index is 0.0238. The molecule has 1 aliphatic rings. The zero-order valence-electron chi connectivity index (χ0n) is 15.3. The van der Waals surface area contributed by atoms with E-state index >= 15 is 0 Å². The molecule has 3 rings (SSSR count). The molecule has 0 aromatic carbocycles. The topological polar surface area (TPSA) is 87.5 Å². The van der Waals surface area contributed by atoms with E-state index in [2.05, 4.69) is 10.3 Å². The van der Waals surface area contributed by atoms with Crippen LogP contribution in [0.4, 0.5) is 10.2 Å². The predicted octanol–water partition coefficient (Wildman–Crippen LogP) is 1.79. The quantitative estimate of drug-likeness (QED) is 0.847. The summed E-state index contributed by atoms with van der Waals surface area (Å²) >= 11 is 0. The summed E-state index contributed by atoms with van der Waals surface area (Å²) in [4.78, 5) is 30.3. The molecule has 1 aliphatic heterocycles. The molecule has 8 heteroatoms. The van der Waals surface area contributed by atoms with E-state index in [1.165, 1.54) is 6.20 Å². The highest BCUT2D eigenvalue weighted by molar-refractivity contribution is 5.92. The normalized spacial score (nSPS) is 18.3. The van der Waals surface area contributed by atoms with Gasteiger partial charge in [0.1, 0.15) is 11.2 Å². The molecule has 26 heavy (non-hydrogen) atoms. The minimum atomic E-state index is -1.34. The highest BCUT2D eigenvalue weighted by atomic mass is 19.1. The van der Waals surface area contributed by atoms with Crippen LogP contribution in [0.15, 0.2) is 17.1 Å². The van der Waals surface area contributed by atoms with Crippen LogP contribution in [-0.2, 0) is 5.54 Å². The first kappa shape index (κ1) is 18.3. The third-order valence-corrected chi connectivity index (χ3v) is 4.53. The molecule has 140 valence electrons. The fourth-order valence-electron chi connectivity index (χ4n) is 3.22. The Bertz CT molecular complexity index is 933. The molecule has 1 atom stereocenters. The van der Waals surface area contributed by atoms with Gasteiger partial charge in [0.05, 0.1) is 5.39 Å². The van der Waals surface area contributed by atoms with Crippen molar-refractivity contribution in [1.29, 1.82) is 0 Å². The smallest absolute Gasteiger partial charge is 0.341 e. The predicted molar refractivity (Wildman–Crippen MR) is 97.6 cm³/mol. The molecule has 0 saturated carbocycles. The van der Waals surface area contributed by atoms with E-state index in [1.807, 2.05) is 32.6 Å². The number of rotatable bonds is 2. The molecular formula is C18H23FN4O3. The molecule has 3 heterocycles. The Morgan fingerprint density at radius 1 is 1.42 bits per heavy atom. The standard InChI is InChI=1S/C18H23FN4O3/c1-10-8-22(6-5-20-10)16-13(19)7-11-14(24)12(17(25)26)9-23(15(11)21-16)18(2,3)4/h7,9-10,20H,5-6,8H2,1-4H3,(H,25,26)/t10-/m1/s1. The van der Waals surface area contributed by atoms with Crippen molar-refractivity contribution in [3.8, 4) is 0 Å². The second-order valence-electron chi connectivity index (χ2n) is 7.68. The zero-order chi connectivity index (χ0) is 19.2. The number of nitrogens with one attached hydrogen (secondary N) is 1. The van der Waals surface area contributed by atoms with Crippen LogP contribution in [0, 0.1) is 5.82 Å². The maximum atomic E-state index is 14.8. The van der Waals surface area contributed by atoms with E-state index < -0.39 is 28.3 Å². The third-order valence-electron chi connectivity index (χ3n) is 4.53. The summed E-state index contributed by atoms with van der Waals surface area (Å²) in [5.74, 6) is -1.77. The van der Waals surface area contributed by atoms with Crippen LogP contribution >= 0.6 is 0 Å². The molecule has 0 aliphatic carbocycles. The molecule has 2 aromatic rings. The lowest BCUT2D eigenvalue weighted by Crippen LogP contribution is -2.49. The molecule has 7 nitrogen and oxygen atoms in total. The Morgan fingerprint density at radius 3 is 2.69 bits per heavy atom. The summed E-state index contributed by atoms with van der Waals surface area (Å²) in [6.07, 6.45) is 1.29. The van der Waals surface area contributed by atoms with Gasteiger partial charge in [-0.15, -0.1) is 0 Å². The summed E-state index contributed by atoms with van der Waals surface area (Å²) in [6.45, 7) is 9.55. The monoisotopic (exact) mass is 362 g/mol. The molecule has 1 fully saturated rings. The number of halogens is 1. The Labute approximate surface area is 150 Å². The molecular weight excluding hydrogens is 339 g/mol. The molecule has 1 saturated heterocycles. The van der Waals surface area contributed by atoms with Crippen molar-refractivity contribution in [2.45, 2.75) is 39.3 Å². The zero-order valence-corrected chi connectivity index (χ0v) is 15.3. The SMILES string of the molecule is C[C@@H]1CN(c2nc3c(cc2F)c(=O)c(C(=O)O)cn3C(C)(C)C)CCN1. The van der Waals surface area contributed by atoms with Gasteiger partial charge in [-0.3, -0.25) is 4.79 Å². The van der Waals surface area contributed by atoms with Gasteiger partial charge >= 0.3 is 5.97 Å². The summed E-state index contributed by atoms with van der Waals surface area (Å²) in [5.41, 5.74) is -1.36. The highest BCUT2D eigenvalue weighted by Crippen LogP contribution is 2.26. The van der Waals surface area contributed by atoms with Gasteiger partial charge in [-0.2, -0.15) is 0 Å². The van der Waals surface area contributed by atoms with Gasteiger partial charge in [-0.25, -0.2) is 14.2 Å². The summed E-state index contributed by atoms with van der Waals surface area (Å²) in [7, 11) is 0. The second-order valence-corrected chi connectivity index (χ2v) is 7.68. The van der Waals surface area contributed by atoms with Gasteiger partial charge in [0.15, 0.2) is 11.6 Å². The van der Waals surface area contributed by atoms with E-state index in [0.717, 1.165) is 6.07 Å². The minimum Gasteiger partial charge on any atom is -0.477 e. The molecule has 2 aromatic heterocycles. The van der Waals surface area contributed by atoms with Crippen molar-refractivity contribution >= 4 is 22.8 Å². The van der Waals surface area contributed by atoms with E-state index in [1.54, 1.807) is 4.57 Å². The fraction of sp³-hybridized carbons (Fsp3) is 0.500. The van der Waals surface area contributed by atoms with E-state index in [9.17, 15) is 19.1 Å². The van der Waals surface area contributed by atoms with Crippen LogP contribution < -0.4 is 15.6 Å². The van der Waals surface area contributed by atoms with E-state index in [0.29, 0.717) is 19.6 Å². The maximum absolute atomic E-state index is 14.8. The number of pyridine rings is 2. The summed E-state index contributed by atoms with van der Waals surface area (Å²) in [6, 6.07) is 1.31. The summed E-state index contributed by atoms with van der Waals surface area (Å²) in [5, 5.41) is 12.6. The Hall–Kier alpha value is -2.48.